The first-order valence-electron chi connectivity index (χ1n) is 8.41. The van der Waals surface area contributed by atoms with Gasteiger partial charge in [-0.25, -0.2) is 9.97 Å². The predicted molar refractivity (Wildman–Crippen MR) is 110 cm³/mol. The number of thioether (sulfide) groups is 1. The number of nitrogens with zero attached hydrogens (tertiary/aromatic N) is 2. The van der Waals surface area contributed by atoms with E-state index in [-0.39, 0.29) is 39.4 Å². The number of thiazole rings is 1. The van der Waals surface area contributed by atoms with Crippen LogP contribution in [0.1, 0.15) is 21.7 Å². The highest BCUT2D eigenvalue weighted by molar-refractivity contribution is 7.99. The summed E-state index contributed by atoms with van der Waals surface area (Å²) in [6.07, 6.45) is -3.11. The monoisotopic (exact) mass is 474 g/mol. The molecule has 0 fully saturated rings. The molecule has 0 unspecified atom stereocenters. The van der Waals surface area contributed by atoms with Crippen LogP contribution in [0.25, 0.3) is 0 Å². The Labute approximate surface area is 181 Å². The molecular formula is C18H14ClF3N4O2S2. The maximum absolute atomic E-state index is 13.2. The second-order valence-corrected chi connectivity index (χ2v) is 8.65. The average Bonchev–Trinajstić information content (AvgIpc) is 3.05. The van der Waals surface area contributed by atoms with E-state index in [2.05, 4.69) is 20.3 Å². The molecule has 3 rings (SSSR count). The number of amides is 1. The first kappa shape index (κ1) is 22.3. The molecule has 158 valence electrons. The molecule has 0 spiro atoms. The van der Waals surface area contributed by atoms with Crippen molar-refractivity contribution >= 4 is 45.7 Å². The van der Waals surface area contributed by atoms with Crippen LogP contribution < -0.4 is 10.9 Å². The summed E-state index contributed by atoms with van der Waals surface area (Å²) in [4.78, 5) is 34.7. The van der Waals surface area contributed by atoms with Crippen molar-refractivity contribution in [3.8, 4) is 0 Å². The highest BCUT2D eigenvalue weighted by atomic mass is 35.5. The highest BCUT2D eigenvalue weighted by Gasteiger charge is 2.33. The zero-order valence-electron chi connectivity index (χ0n) is 15.3. The Morgan fingerprint density at radius 1 is 1.33 bits per heavy atom. The number of carbonyl (C=O) groups is 1. The third kappa shape index (κ3) is 6.07. The number of alkyl halides is 3. The zero-order chi connectivity index (χ0) is 21.9. The van der Waals surface area contributed by atoms with E-state index in [4.69, 9.17) is 11.6 Å². The van der Waals surface area contributed by atoms with E-state index in [1.165, 1.54) is 24.4 Å². The Morgan fingerprint density at radius 2 is 2.10 bits per heavy atom. The minimum absolute atomic E-state index is 0.0200. The van der Waals surface area contributed by atoms with E-state index in [1.54, 1.807) is 6.92 Å². The summed E-state index contributed by atoms with van der Waals surface area (Å²) >= 11 is 7.97. The molecule has 0 atom stereocenters. The minimum atomic E-state index is -4.50. The Hall–Kier alpha value is -2.37. The third-order valence-electron chi connectivity index (χ3n) is 3.73. The molecule has 0 aliphatic heterocycles. The number of carbonyl (C=O) groups excluding carboxylic acids is 1. The Balaban J connectivity index is 1.63. The molecule has 2 N–H and O–H groups in total. The van der Waals surface area contributed by atoms with Gasteiger partial charge in [0.2, 0.25) is 5.91 Å². The van der Waals surface area contributed by atoms with Crippen LogP contribution in [-0.2, 0) is 17.4 Å². The van der Waals surface area contributed by atoms with Gasteiger partial charge in [-0.05, 0) is 30.7 Å². The van der Waals surface area contributed by atoms with Crippen LogP contribution in [0, 0.1) is 6.92 Å². The van der Waals surface area contributed by atoms with Crippen LogP contribution in [-0.4, -0.2) is 26.6 Å². The first-order valence-corrected chi connectivity index (χ1v) is 10.6. The summed E-state index contributed by atoms with van der Waals surface area (Å²) < 4.78 is 39.6. The molecule has 0 aliphatic rings. The fourth-order valence-corrected chi connectivity index (χ4v) is 4.30. The predicted octanol–water partition coefficient (Wildman–Crippen LogP) is 4.53. The number of benzene rings is 1. The average molecular weight is 475 g/mol. The van der Waals surface area contributed by atoms with Gasteiger partial charge in [0.1, 0.15) is 0 Å². The van der Waals surface area contributed by atoms with Gasteiger partial charge in [0.15, 0.2) is 10.3 Å². The summed E-state index contributed by atoms with van der Waals surface area (Å²) in [5.41, 5.74) is -0.511. The number of halogens is 4. The van der Waals surface area contributed by atoms with Crippen molar-refractivity contribution in [1.82, 2.24) is 15.0 Å². The second-order valence-electron chi connectivity index (χ2n) is 6.14. The first-order chi connectivity index (χ1) is 14.1. The van der Waals surface area contributed by atoms with Gasteiger partial charge in [0, 0.05) is 34.3 Å². The number of rotatable bonds is 6. The van der Waals surface area contributed by atoms with Crippen LogP contribution >= 0.6 is 34.7 Å². The van der Waals surface area contributed by atoms with Gasteiger partial charge < -0.3 is 10.3 Å². The van der Waals surface area contributed by atoms with E-state index in [9.17, 15) is 22.8 Å². The van der Waals surface area contributed by atoms with Gasteiger partial charge in [-0.1, -0.05) is 23.4 Å². The SMILES string of the molecule is Cc1cc(=O)[nH]c(SCC(=O)Nc2ncc(Cc3cc(Cl)ccc3C(F)(F)F)s2)n1. The largest absolute Gasteiger partial charge is 0.416 e. The molecule has 3 aromatic rings. The van der Waals surface area contributed by atoms with Crippen molar-refractivity contribution in [3.05, 3.63) is 67.5 Å². The number of aromatic nitrogens is 3. The summed E-state index contributed by atoms with van der Waals surface area (Å²) in [6.45, 7) is 1.67. The molecule has 0 bridgehead atoms. The second kappa shape index (κ2) is 9.19. The van der Waals surface area contributed by atoms with Crippen LogP contribution in [0.2, 0.25) is 5.02 Å². The molecule has 1 amide bonds. The maximum Gasteiger partial charge on any atom is 0.416 e. The number of hydrogen-bond acceptors (Lipinski definition) is 6. The van der Waals surface area contributed by atoms with Crippen molar-refractivity contribution in [2.45, 2.75) is 24.7 Å². The summed E-state index contributed by atoms with van der Waals surface area (Å²) in [7, 11) is 0. The molecular weight excluding hydrogens is 461 g/mol. The van der Waals surface area contributed by atoms with Crippen LogP contribution in [0.3, 0.4) is 0 Å². The van der Waals surface area contributed by atoms with Crippen LogP contribution in [0.5, 0.6) is 0 Å². The van der Waals surface area contributed by atoms with E-state index in [0.29, 0.717) is 15.7 Å². The lowest BCUT2D eigenvalue weighted by Crippen LogP contribution is -2.15. The fraction of sp³-hybridized carbons (Fsp3) is 0.222. The van der Waals surface area contributed by atoms with Crippen molar-refractivity contribution in [3.63, 3.8) is 0 Å². The molecule has 0 saturated carbocycles. The fourth-order valence-electron chi connectivity index (χ4n) is 2.53. The lowest BCUT2D eigenvalue weighted by atomic mass is 10.0. The summed E-state index contributed by atoms with van der Waals surface area (Å²) in [6, 6.07) is 4.75. The maximum atomic E-state index is 13.2. The van der Waals surface area contributed by atoms with E-state index < -0.39 is 11.7 Å². The Kier molecular flexibility index (Phi) is 6.84. The number of hydrogen-bond donors (Lipinski definition) is 2. The van der Waals surface area contributed by atoms with Gasteiger partial charge in [0.05, 0.1) is 11.3 Å². The van der Waals surface area contributed by atoms with Crippen molar-refractivity contribution in [1.29, 1.82) is 0 Å². The summed E-state index contributed by atoms with van der Waals surface area (Å²) in [5, 5.41) is 3.36. The van der Waals surface area contributed by atoms with Crippen molar-refractivity contribution < 1.29 is 18.0 Å². The van der Waals surface area contributed by atoms with Crippen LogP contribution in [0.4, 0.5) is 18.3 Å². The number of aryl methyl sites for hydroxylation is 1. The van der Waals surface area contributed by atoms with E-state index >= 15 is 0 Å². The number of aromatic amines is 1. The zero-order valence-corrected chi connectivity index (χ0v) is 17.7. The third-order valence-corrected chi connectivity index (χ3v) is 5.75. The smallest absolute Gasteiger partial charge is 0.301 e. The molecule has 30 heavy (non-hydrogen) atoms. The van der Waals surface area contributed by atoms with E-state index in [1.807, 2.05) is 0 Å². The Morgan fingerprint density at radius 3 is 2.80 bits per heavy atom. The normalized spacial score (nSPS) is 11.5. The molecule has 2 heterocycles. The van der Waals surface area contributed by atoms with Gasteiger partial charge in [0.25, 0.3) is 5.56 Å². The highest BCUT2D eigenvalue weighted by Crippen LogP contribution is 2.35. The van der Waals surface area contributed by atoms with Crippen molar-refractivity contribution in [2.24, 2.45) is 0 Å². The standard InChI is InChI=1S/C18H14ClF3N4O2S2/c1-9-4-14(27)25-17(24-9)29-8-15(28)26-16-23-7-12(30-16)6-10-5-11(19)2-3-13(10)18(20,21)22/h2-5,7H,6,8H2,1H3,(H,23,26,28)(H,24,25,27). The molecule has 2 aromatic heterocycles. The molecule has 0 saturated heterocycles. The number of nitrogens with one attached hydrogen (secondary N) is 2. The molecule has 1 aromatic carbocycles. The van der Waals surface area contributed by atoms with Crippen LogP contribution in [0.15, 0.2) is 40.4 Å². The van der Waals surface area contributed by atoms with Crippen molar-refractivity contribution in [2.75, 3.05) is 11.1 Å². The number of anilines is 1. The van der Waals surface area contributed by atoms with Gasteiger partial charge >= 0.3 is 6.18 Å². The molecule has 12 heteroatoms. The van der Waals surface area contributed by atoms with Gasteiger partial charge in [-0.3, -0.25) is 9.59 Å². The quantitative estimate of drug-likeness (QED) is 0.405. The lowest BCUT2D eigenvalue weighted by Gasteiger charge is -2.12. The topological polar surface area (TPSA) is 87.7 Å². The molecule has 0 radical (unpaired) electrons. The van der Waals surface area contributed by atoms with E-state index in [0.717, 1.165) is 29.2 Å². The summed E-state index contributed by atoms with van der Waals surface area (Å²) in [5.74, 6) is -0.405. The van der Waals surface area contributed by atoms with Gasteiger partial charge in [-0.15, -0.1) is 11.3 Å². The minimum Gasteiger partial charge on any atom is -0.301 e. The molecule has 6 nitrogen and oxygen atoms in total. The number of H-pyrrole nitrogens is 1. The van der Waals surface area contributed by atoms with Gasteiger partial charge in [-0.2, -0.15) is 13.2 Å². The Bertz CT molecular complexity index is 1130. The molecule has 0 aliphatic carbocycles. The lowest BCUT2D eigenvalue weighted by molar-refractivity contribution is -0.138.